The zero-order valence-electron chi connectivity index (χ0n) is 12.6. The Hall–Kier alpha value is -2.29. The van der Waals surface area contributed by atoms with Crippen LogP contribution in [0.1, 0.15) is 37.3 Å². The van der Waals surface area contributed by atoms with E-state index in [1.165, 1.54) is 0 Å². The Morgan fingerprint density at radius 2 is 1.68 bits per heavy atom. The van der Waals surface area contributed by atoms with Gasteiger partial charge in [0.05, 0.1) is 5.69 Å². The van der Waals surface area contributed by atoms with Crippen LogP contribution in [-0.4, -0.2) is 6.21 Å². The van der Waals surface area contributed by atoms with E-state index in [1.54, 1.807) is 24.4 Å². The van der Waals surface area contributed by atoms with Crippen molar-refractivity contribution in [3.8, 4) is 0 Å². The highest BCUT2D eigenvalue weighted by atomic mass is 19.3. The molecule has 0 heterocycles. The van der Waals surface area contributed by atoms with Crippen LogP contribution in [0.5, 0.6) is 0 Å². The van der Waals surface area contributed by atoms with Crippen LogP contribution in [0.2, 0.25) is 0 Å². The Kier molecular flexibility index (Phi) is 6.01. The van der Waals surface area contributed by atoms with Crippen LogP contribution in [0.25, 0.3) is 5.57 Å². The van der Waals surface area contributed by atoms with E-state index >= 15 is 0 Å². The van der Waals surface area contributed by atoms with Gasteiger partial charge in [0.25, 0.3) is 6.08 Å². The first-order chi connectivity index (χ1) is 10.7. The summed E-state index contributed by atoms with van der Waals surface area (Å²) < 4.78 is 26.6. The second-order valence-corrected chi connectivity index (χ2v) is 5.03. The van der Waals surface area contributed by atoms with E-state index < -0.39 is 6.08 Å². The van der Waals surface area contributed by atoms with E-state index in [0.717, 1.165) is 18.4 Å². The van der Waals surface area contributed by atoms with Crippen molar-refractivity contribution in [3.63, 3.8) is 0 Å². The van der Waals surface area contributed by atoms with Gasteiger partial charge in [-0.1, -0.05) is 61.9 Å². The van der Waals surface area contributed by atoms with E-state index in [0.29, 0.717) is 17.7 Å². The number of halogens is 2. The summed E-state index contributed by atoms with van der Waals surface area (Å²) in [5.74, 6) is 0. The highest BCUT2D eigenvalue weighted by Crippen LogP contribution is 2.33. The molecule has 0 N–H and O–H groups in total. The Bertz CT molecular complexity index is 656. The van der Waals surface area contributed by atoms with Crippen LogP contribution >= 0.6 is 0 Å². The summed E-state index contributed by atoms with van der Waals surface area (Å²) in [7, 11) is 0. The van der Waals surface area contributed by atoms with Crippen molar-refractivity contribution >= 4 is 17.5 Å². The van der Waals surface area contributed by atoms with Crippen LogP contribution in [-0.2, 0) is 0 Å². The number of nitrogens with zero attached hydrogens (tertiary/aromatic N) is 1. The Morgan fingerprint density at radius 1 is 1.00 bits per heavy atom. The molecule has 0 atom stereocenters. The molecule has 2 rings (SSSR count). The minimum absolute atomic E-state index is 0.0997. The lowest BCUT2D eigenvalue weighted by atomic mass is 10.00. The molecule has 114 valence electrons. The van der Waals surface area contributed by atoms with Crippen molar-refractivity contribution in [2.24, 2.45) is 4.99 Å². The number of rotatable bonds is 6. The van der Waals surface area contributed by atoms with Crippen molar-refractivity contribution in [1.29, 1.82) is 0 Å². The number of allylic oxidation sites excluding steroid dienone is 1. The van der Waals surface area contributed by atoms with Crippen LogP contribution in [0.4, 0.5) is 14.5 Å². The summed E-state index contributed by atoms with van der Waals surface area (Å²) >= 11 is 0. The van der Waals surface area contributed by atoms with E-state index in [-0.39, 0.29) is 5.57 Å². The van der Waals surface area contributed by atoms with Gasteiger partial charge < -0.3 is 0 Å². The molecule has 2 aromatic carbocycles. The Morgan fingerprint density at radius 3 is 2.36 bits per heavy atom. The first-order valence-electron chi connectivity index (χ1n) is 7.45. The van der Waals surface area contributed by atoms with Crippen LogP contribution in [0.3, 0.4) is 0 Å². The summed E-state index contributed by atoms with van der Waals surface area (Å²) in [6.45, 7) is 1.99. The van der Waals surface area contributed by atoms with Crippen molar-refractivity contribution in [1.82, 2.24) is 0 Å². The molecule has 0 aromatic heterocycles. The van der Waals surface area contributed by atoms with Gasteiger partial charge in [0.1, 0.15) is 0 Å². The van der Waals surface area contributed by atoms with Crippen molar-refractivity contribution in [3.05, 3.63) is 71.8 Å². The fraction of sp³-hybridized carbons (Fsp3) is 0.211. The molecule has 0 radical (unpaired) electrons. The Labute approximate surface area is 130 Å². The lowest BCUT2D eigenvalue weighted by molar-refractivity contribution is 0.422. The third-order valence-corrected chi connectivity index (χ3v) is 3.39. The standard InChI is InChI=1S/C19H19F2N/c1-2-3-11-17(19(20)21)16-12-7-8-13-18(16)22-14-15-9-5-4-6-10-15/h4-10,12-14H,2-3,11H2,1H3. The van der Waals surface area contributed by atoms with Gasteiger partial charge >= 0.3 is 0 Å². The molecule has 2 aromatic rings. The lowest BCUT2D eigenvalue weighted by Crippen LogP contribution is -1.89. The number of hydrogen-bond donors (Lipinski definition) is 0. The zero-order chi connectivity index (χ0) is 15.8. The molecule has 22 heavy (non-hydrogen) atoms. The first-order valence-corrected chi connectivity index (χ1v) is 7.45. The lowest BCUT2D eigenvalue weighted by Gasteiger charge is -2.09. The van der Waals surface area contributed by atoms with Gasteiger partial charge in [0.2, 0.25) is 0 Å². The zero-order valence-corrected chi connectivity index (χ0v) is 12.6. The molecule has 0 aliphatic rings. The van der Waals surface area contributed by atoms with Crippen LogP contribution < -0.4 is 0 Å². The molecule has 0 unspecified atom stereocenters. The maximum atomic E-state index is 13.3. The smallest absolute Gasteiger partial charge is 0.256 e. The van der Waals surface area contributed by atoms with Gasteiger partial charge in [-0.05, 0) is 24.5 Å². The molecule has 0 aliphatic carbocycles. The van der Waals surface area contributed by atoms with Gasteiger partial charge in [-0.3, -0.25) is 4.99 Å². The van der Waals surface area contributed by atoms with E-state index in [2.05, 4.69) is 4.99 Å². The molecule has 1 nitrogen and oxygen atoms in total. The summed E-state index contributed by atoms with van der Waals surface area (Å²) in [6.07, 6.45) is 2.08. The minimum atomic E-state index is -1.61. The molecular weight excluding hydrogens is 280 g/mol. The normalized spacial score (nSPS) is 10.9. The average Bonchev–Trinajstić information content (AvgIpc) is 2.55. The average molecular weight is 299 g/mol. The molecule has 0 aliphatic heterocycles. The fourth-order valence-corrected chi connectivity index (χ4v) is 2.21. The minimum Gasteiger partial charge on any atom is -0.256 e. The van der Waals surface area contributed by atoms with Crippen LogP contribution in [0, 0.1) is 0 Å². The first kappa shape index (κ1) is 16.1. The highest BCUT2D eigenvalue weighted by Gasteiger charge is 2.12. The monoisotopic (exact) mass is 299 g/mol. The van der Waals surface area contributed by atoms with E-state index in [9.17, 15) is 8.78 Å². The second-order valence-electron chi connectivity index (χ2n) is 5.03. The van der Waals surface area contributed by atoms with Gasteiger partial charge in [-0.15, -0.1) is 0 Å². The fourth-order valence-electron chi connectivity index (χ4n) is 2.21. The number of para-hydroxylation sites is 1. The molecule has 0 amide bonds. The maximum absolute atomic E-state index is 13.3. The molecule has 0 saturated carbocycles. The quantitative estimate of drug-likeness (QED) is 0.560. The largest absolute Gasteiger partial charge is 0.274 e. The van der Waals surface area contributed by atoms with Gasteiger partial charge in [-0.25, -0.2) is 0 Å². The van der Waals surface area contributed by atoms with Crippen LogP contribution in [0.15, 0.2) is 65.7 Å². The number of benzene rings is 2. The van der Waals surface area contributed by atoms with Crippen molar-refractivity contribution in [2.45, 2.75) is 26.2 Å². The molecule has 0 fully saturated rings. The third kappa shape index (κ3) is 4.35. The van der Waals surface area contributed by atoms with Gasteiger partial charge in [-0.2, -0.15) is 8.78 Å². The highest BCUT2D eigenvalue weighted by molar-refractivity contribution is 5.84. The molecule has 0 saturated heterocycles. The van der Waals surface area contributed by atoms with Crippen molar-refractivity contribution < 1.29 is 8.78 Å². The Balaban J connectivity index is 2.34. The number of unbranched alkanes of at least 4 members (excludes halogenated alkanes) is 1. The second kappa shape index (κ2) is 8.23. The third-order valence-electron chi connectivity index (χ3n) is 3.39. The predicted octanol–water partition coefficient (Wildman–Crippen LogP) is 6.24. The molecule has 0 bridgehead atoms. The maximum Gasteiger partial charge on any atom is 0.274 e. The SMILES string of the molecule is CCCCC(=C(F)F)c1ccccc1N=Cc1ccccc1. The van der Waals surface area contributed by atoms with E-state index in [4.69, 9.17) is 0 Å². The topological polar surface area (TPSA) is 12.4 Å². The summed E-state index contributed by atoms with van der Waals surface area (Å²) in [6, 6.07) is 16.7. The number of aliphatic imine (C=N–C) groups is 1. The number of hydrogen-bond acceptors (Lipinski definition) is 1. The van der Waals surface area contributed by atoms with Gasteiger partial charge in [0, 0.05) is 17.4 Å². The summed E-state index contributed by atoms with van der Waals surface area (Å²) in [5, 5.41) is 0. The molecule has 0 spiro atoms. The molecular formula is C19H19F2N. The van der Waals surface area contributed by atoms with Gasteiger partial charge in [0.15, 0.2) is 0 Å². The van der Waals surface area contributed by atoms with E-state index in [1.807, 2.05) is 43.3 Å². The predicted molar refractivity (Wildman–Crippen MR) is 88.8 cm³/mol. The van der Waals surface area contributed by atoms with Crippen molar-refractivity contribution in [2.75, 3.05) is 0 Å². The summed E-state index contributed by atoms with van der Waals surface area (Å²) in [5.41, 5.74) is 2.13. The molecule has 3 heteroatoms. The summed E-state index contributed by atoms with van der Waals surface area (Å²) in [4.78, 5) is 4.40.